The SMILES string of the molecule is COc1ccc(Cl)cc1-c1cc(Cl)ncn1. The first kappa shape index (κ1) is 11.2. The Morgan fingerprint density at radius 2 is 1.94 bits per heavy atom. The first-order valence-electron chi connectivity index (χ1n) is 4.52. The van der Waals surface area contributed by atoms with Gasteiger partial charge < -0.3 is 4.74 Å². The topological polar surface area (TPSA) is 35.0 Å². The van der Waals surface area contributed by atoms with Gasteiger partial charge in [-0.1, -0.05) is 23.2 Å². The standard InChI is InChI=1S/C11H8Cl2N2O/c1-16-10-3-2-7(12)4-8(10)9-5-11(13)15-6-14-9/h2-6H,1H3. The highest BCUT2D eigenvalue weighted by atomic mass is 35.5. The zero-order chi connectivity index (χ0) is 11.5. The van der Waals surface area contributed by atoms with Crippen LogP contribution in [0.4, 0.5) is 0 Å². The highest BCUT2D eigenvalue weighted by Crippen LogP contribution is 2.31. The molecule has 16 heavy (non-hydrogen) atoms. The van der Waals surface area contributed by atoms with Crippen molar-refractivity contribution in [3.8, 4) is 17.0 Å². The second-order valence-corrected chi connectivity index (χ2v) is 3.89. The van der Waals surface area contributed by atoms with E-state index < -0.39 is 0 Å². The lowest BCUT2D eigenvalue weighted by Gasteiger charge is -2.08. The summed E-state index contributed by atoms with van der Waals surface area (Å²) < 4.78 is 5.23. The Morgan fingerprint density at radius 3 is 2.62 bits per heavy atom. The molecule has 0 saturated heterocycles. The van der Waals surface area contributed by atoms with E-state index in [4.69, 9.17) is 27.9 Å². The van der Waals surface area contributed by atoms with Crippen molar-refractivity contribution in [2.45, 2.75) is 0 Å². The molecule has 0 spiro atoms. The van der Waals surface area contributed by atoms with Crippen molar-refractivity contribution in [3.63, 3.8) is 0 Å². The average molecular weight is 255 g/mol. The molecular formula is C11H8Cl2N2O. The van der Waals surface area contributed by atoms with Gasteiger partial charge in [-0.05, 0) is 18.2 Å². The largest absolute Gasteiger partial charge is 0.496 e. The Balaban J connectivity index is 2.58. The summed E-state index contributed by atoms with van der Waals surface area (Å²) >= 11 is 11.7. The molecular weight excluding hydrogens is 247 g/mol. The first-order chi connectivity index (χ1) is 7.70. The van der Waals surface area contributed by atoms with E-state index in [1.165, 1.54) is 6.33 Å². The van der Waals surface area contributed by atoms with Crippen LogP contribution in [0.3, 0.4) is 0 Å². The van der Waals surface area contributed by atoms with Crippen LogP contribution in [-0.2, 0) is 0 Å². The predicted molar refractivity (Wildman–Crippen MR) is 64.0 cm³/mol. The normalized spacial score (nSPS) is 10.2. The molecule has 3 nitrogen and oxygen atoms in total. The van der Waals surface area contributed by atoms with Crippen molar-refractivity contribution in [1.82, 2.24) is 9.97 Å². The van der Waals surface area contributed by atoms with Gasteiger partial charge in [-0.2, -0.15) is 0 Å². The third kappa shape index (κ3) is 2.26. The molecule has 0 atom stereocenters. The van der Waals surface area contributed by atoms with Crippen molar-refractivity contribution >= 4 is 23.2 Å². The van der Waals surface area contributed by atoms with Crippen LogP contribution in [0.2, 0.25) is 10.2 Å². The van der Waals surface area contributed by atoms with E-state index in [2.05, 4.69) is 9.97 Å². The predicted octanol–water partition coefficient (Wildman–Crippen LogP) is 3.46. The van der Waals surface area contributed by atoms with Crippen LogP contribution in [0.25, 0.3) is 11.3 Å². The smallest absolute Gasteiger partial charge is 0.133 e. The number of ether oxygens (including phenoxy) is 1. The Kier molecular flexibility index (Phi) is 3.27. The Bertz CT molecular complexity index is 517. The summed E-state index contributed by atoms with van der Waals surface area (Å²) in [5, 5.41) is 0.998. The molecule has 2 rings (SSSR count). The number of hydrogen-bond acceptors (Lipinski definition) is 3. The molecule has 0 saturated carbocycles. The number of nitrogens with zero attached hydrogens (tertiary/aromatic N) is 2. The van der Waals surface area contributed by atoms with Gasteiger partial charge in [-0.25, -0.2) is 9.97 Å². The summed E-state index contributed by atoms with van der Waals surface area (Å²) in [6.07, 6.45) is 1.40. The summed E-state index contributed by atoms with van der Waals surface area (Å²) in [4.78, 5) is 7.95. The average Bonchev–Trinajstić information content (AvgIpc) is 2.29. The van der Waals surface area contributed by atoms with Crippen LogP contribution in [0.15, 0.2) is 30.6 Å². The molecule has 0 aliphatic rings. The molecule has 0 bridgehead atoms. The molecule has 0 radical (unpaired) electrons. The lowest BCUT2D eigenvalue weighted by Crippen LogP contribution is -1.91. The third-order valence-corrected chi connectivity index (χ3v) is 2.51. The van der Waals surface area contributed by atoms with Crippen molar-refractivity contribution in [1.29, 1.82) is 0 Å². The van der Waals surface area contributed by atoms with Gasteiger partial charge >= 0.3 is 0 Å². The monoisotopic (exact) mass is 254 g/mol. The number of methoxy groups -OCH3 is 1. The summed E-state index contributed by atoms with van der Waals surface area (Å²) in [6, 6.07) is 6.98. The molecule has 0 fully saturated rings. The van der Waals surface area contributed by atoms with Gasteiger partial charge in [0.15, 0.2) is 0 Å². The number of halogens is 2. The van der Waals surface area contributed by atoms with E-state index in [1.807, 2.05) is 0 Å². The van der Waals surface area contributed by atoms with E-state index in [-0.39, 0.29) is 0 Å². The number of rotatable bonds is 2. The molecule has 0 N–H and O–H groups in total. The van der Waals surface area contributed by atoms with Gasteiger partial charge in [-0.3, -0.25) is 0 Å². The molecule has 1 aromatic carbocycles. The molecule has 1 heterocycles. The van der Waals surface area contributed by atoms with Crippen LogP contribution in [-0.4, -0.2) is 17.1 Å². The lowest BCUT2D eigenvalue weighted by atomic mass is 10.1. The first-order valence-corrected chi connectivity index (χ1v) is 5.28. The molecule has 0 aliphatic carbocycles. The van der Waals surface area contributed by atoms with E-state index in [0.29, 0.717) is 21.6 Å². The molecule has 0 unspecified atom stereocenters. The van der Waals surface area contributed by atoms with Gasteiger partial charge in [0, 0.05) is 16.7 Å². The van der Waals surface area contributed by atoms with Crippen LogP contribution in [0.5, 0.6) is 5.75 Å². The molecule has 2 aromatic rings. The minimum absolute atomic E-state index is 0.382. The van der Waals surface area contributed by atoms with E-state index in [0.717, 1.165) is 5.56 Å². The second kappa shape index (κ2) is 4.68. The fourth-order valence-corrected chi connectivity index (χ4v) is 1.68. The third-order valence-electron chi connectivity index (χ3n) is 2.07. The van der Waals surface area contributed by atoms with Crippen molar-refractivity contribution < 1.29 is 4.74 Å². The quantitative estimate of drug-likeness (QED) is 0.771. The van der Waals surface area contributed by atoms with Crippen LogP contribution in [0.1, 0.15) is 0 Å². The Hall–Kier alpha value is -1.32. The van der Waals surface area contributed by atoms with E-state index in [9.17, 15) is 0 Å². The van der Waals surface area contributed by atoms with Gasteiger partial charge in [0.05, 0.1) is 12.8 Å². The maximum atomic E-state index is 5.93. The Labute approximate surface area is 103 Å². The maximum absolute atomic E-state index is 5.93. The van der Waals surface area contributed by atoms with Gasteiger partial charge in [0.2, 0.25) is 0 Å². The highest BCUT2D eigenvalue weighted by Gasteiger charge is 2.08. The summed E-state index contributed by atoms with van der Waals surface area (Å²) in [7, 11) is 1.59. The number of benzene rings is 1. The van der Waals surface area contributed by atoms with Gasteiger partial charge in [0.1, 0.15) is 17.2 Å². The zero-order valence-electron chi connectivity index (χ0n) is 8.45. The van der Waals surface area contributed by atoms with Crippen molar-refractivity contribution in [3.05, 3.63) is 40.8 Å². The van der Waals surface area contributed by atoms with Crippen molar-refractivity contribution in [2.24, 2.45) is 0 Å². The highest BCUT2D eigenvalue weighted by molar-refractivity contribution is 6.31. The molecule has 1 aromatic heterocycles. The summed E-state index contributed by atoms with van der Waals surface area (Å²) in [5.74, 6) is 0.694. The van der Waals surface area contributed by atoms with Crippen molar-refractivity contribution in [2.75, 3.05) is 7.11 Å². The zero-order valence-corrected chi connectivity index (χ0v) is 9.96. The van der Waals surface area contributed by atoms with Gasteiger partial charge in [-0.15, -0.1) is 0 Å². The number of aromatic nitrogens is 2. The summed E-state index contributed by atoms with van der Waals surface area (Å²) in [5.41, 5.74) is 1.47. The molecule has 82 valence electrons. The van der Waals surface area contributed by atoms with Gasteiger partial charge in [0.25, 0.3) is 0 Å². The molecule has 0 aliphatic heterocycles. The maximum Gasteiger partial charge on any atom is 0.133 e. The number of hydrogen-bond donors (Lipinski definition) is 0. The molecule has 0 amide bonds. The molecule has 5 heteroatoms. The fraction of sp³-hybridized carbons (Fsp3) is 0.0909. The van der Waals surface area contributed by atoms with E-state index in [1.54, 1.807) is 31.4 Å². The minimum atomic E-state index is 0.382. The second-order valence-electron chi connectivity index (χ2n) is 3.07. The van der Waals surface area contributed by atoms with Crippen LogP contribution >= 0.6 is 23.2 Å². The minimum Gasteiger partial charge on any atom is -0.496 e. The summed E-state index contributed by atoms with van der Waals surface area (Å²) in [6.45, 7) is 0. The lowest BCUT2D eigenvalue weighted by molar-refractivity contribution is 0.416. The fourth-order valence-electron chi connectivity index (χ4n) is 1.36. The van der Waals surface area contributed by atoms with Crippen LogP contribution in [0, 0.1) is 0 Å². The van der Waals surface area contributed by atoms with Crippen LogP contribution < -0.4 is 4.74 Å². The van der Waals surface area contributed by atoms with E-state index >= 15 is 0 Å². The Morgan fingerprint density at radius 1 is 1.12 bits per heavy atom.